The number of nitrogens with one attached hydrogen (secondary N) is 1. The summed E-state index contributed by atoms with van der Waals surface area (Å²) in [7, 11) is 0. The van der Waals surface area contributed by atoms with E-state index in [0.717, 1.165) is 22.0 Å². The van der Waals surface area contributed by atoms with E-state index in [4.69, 9.17) is 4.74 Å². The summed E-state index contributed by atoms with van der Waals surface area (Å²) in [5.74, 6) is 0.437. The predicted octanol–water partition coefficient (Wildman–Crippen LogP) is 3.14. The van der Waals surface area contributed by atoms with Crippen LogP contribution in [0.4, 0.5) is 5.69 Å². The predicted molar refractivity (Wildman–Crippen MR) is 102 cm³/mol. The van der Waals surface area contributed by atoms with E-state index in [-0.39, 0.29) is 12.5 Å². The van der Waals surface area contributed by atoms with E-state index in [0.29, 0.717) is 11.4 Å². The molecule has 7 nitrogen and oxygen atoms in total. The van der Waals surface area contributed by atoms with Crippen LogP contribution in [0.1, 0.15) is 5.56 Å². The highest BCUT2D eigenvalue weighted by atomic mass is 16.5. The molecule has 1 amide bonds. The van der Waals surface area contributed by atoms with Crippen LogP contribution in [0.15, 0.2) is 67.0 Å². The average Bonchev–Trinajstić information content (AvgIpc) is 3.21. The number of ether oxygens (including phenoxy) is 1. The third-order valence-corrected chi connectivity index (χ3v) is 4.17. The standard InChI is InChI=1S/C20H17N5O2/c1-14-10-17(7-9-19(14)25-13-21-23-24-25)22-20(26)12-27-18-8-6-15-4-2-3-5-16(15)11-18/h2-11,13H,12H2,1H3,(H,22,26). The van der Waals surface area contributed by atoms with Gasteiger partial charge in [-0.05, 0) is 64.0 Å². The summed E-state index contributed by atoms with van der Waals surface area (Å²) >= 11 is 0. The van der Waals surface area contributed by atoms with Gasteiger partial charge in [-0.2, -0.15) is 0 Å². The molecule has 0 bridgehead atoms. The first-order chi connectivity index (χ1) is 13.2. The highest BCUT2D eigenvalue weighted by Crippen LogP contribution is 2.21. The fourth-order valence-electron chi connectivity index (χ4n) is 2.87. The van der Waals surface area contributed by atoms with Gasteiger partial charge in [0.2, 0.25) is 0 Å². The van der Waals surface area contributed by atoms with Crippen LogP contribution in [0.25, 0.3) is 16.5 Å². The van der Waals surface area contributed by atoms with Crippen molar-refractivity contribution >= 4 is 22.4 Å². The van der Waals surface area contributed by atoms with Gasteiger partial charge in [0.05, 0.1) is 5.69 Å². The van der Waals surface area contributed by atoms with Crippen LogP contribution in [0.5, 0.6) is 5.75 Å². The SMILES string of the molecule is Cc1cc(NC(=O)COc2ccc3ccccc3c2)ccc1-n1cnnn1. The lowest BCUT2D eigenvalue weighted by atomic mass is 10.1. The molecule has 0 aliphatic rings. The number of amides is 1. The Balaban J connectivity index is 1.39. The minimum atomic E-state index is -0.224. The Bertz CT molecular complexity index is 1090. The Hall–Kier alpha value is -3.74. The topological polar surface area (TPSA) is 81.9 Å². The molecule has 0 fully saturated rings. The maximum Gasteiger partial charge on any atom is 0.262 e. The minimum Gasteiger partial charge on any atom is -0.484 e. The fourth-order valence-corrected chi connectivity index (χ4v) is 2.87. The van der Waals surface area contributed by atoms with Crippen LogP contribution < -0.4 is 10.1 Å². The second kappa shape index (κ2) is 7.25. The Morgan fingerprint density at radius 3 is 2.70 bits per heavy atom. The van der Waals surface area contributed by atoms with Crippen LogP contribution in [-0.4, -0.2) is 32.7 Å². The van der Waals surface area contributed by atoms with Gasteiger partial charge in [0.15, 0.2) is 6.61 Å². The summed E-state index contributed by atoms with van der Waals surface area (Å²) < 4.78 is 7.19. The third kappa shape index (κ3) is 3.77. The quantitative estimate of drug-likeness (QED) is 0.592. The molecule has 1 aromatic heterocycles. The Labute approximate surface area is 155 Å². The molecule has 0 aliphatic heterocycles. The molecule has 0 spiro atoms. The van der Waals surface area contributed by atoms with Gasteiger partial charge < -0.3 is 10.1 Å². The van der Waals surface area contributed by atoms with Gasteiger partial charge in [-0.15, -0.1) is 5.10 Å². The molecule has 0 unspecified atom stereocenters. The summed E-state index contributed by atoms with van der Waals surface area (Å²) in [6.07, 6.45) is 1.53. The zero-order chi connectivity index (χ0) is 18.6. The molecule has 1 N–H and O–H groups in total. The Morgan fingerprint density at radius 1 is 1.07 bits per heavy atom. The van der Waals surface area contributed by atoms with Crippen LogP contribution in [0.2, 0.25) is 0 Å². The van der Waals surface area contributed by atoms with Crippen LogP contribution in [0, 0.1) is 6.92 Å². The molecule has 0 saturated heterocycles. The fraction of sp³-hybridized carbons (Fsp3) is 0.100. The number of carbonyl (C=O) groups excluding carboxylic acids is 1. The lowest BCUT2D eigenvalue weighted by molar-refractivity contribution is -0.118. The molecule has 0 aliphatic carbocycles. The zero-order valence-electron chi connectivity index (χ0n) is 14.7. The lowest BCUT2D eigenvalue weighted by Crippen LogP contribution is -2.20. The smallest absolute Gasteiger partial charge is 0.262 e. The summed E-state index contributed by atoms with van der Waals surface area (Å²) in [4.78, 5) is 12.2. The van der Waals surface area contributed by atoms with Gasteiger partial charge in [0.25, 0.3) is 5.91 Å². The highest BCUT2D eigenvalue weighted by molar-refractivity contribution is 5.92. The average molecular weight is 359 g/mol. The molecule has 3 aromatic carbocycles. The van der Waals surface area contributed by atoms with Crippen LogP contribution in [-0.2, 0) is 4.79 Å². The number of rotatable bonds is 5. The number of carbonyl (C=O) groups is 1. The molecular formula is C20H17N5O2. The number of hydrogen-bond acceptors (Lipinski definition) is 5. The number of nitrogens with zero attached hydrogens (tertiary/aromatic N) is 4. The minimum absolute atomic E-state index is 0.0634. The molecule has 4 rings (SSSR count). The van der Waals surface area contributed by atoms with Crippen molar-refractivity contribution in [2.75, 3.05) is 11.9 Å². The first-order valence-corrected chi connectivity index (χ1v) is 8.44. The number of tetrazole rings is 1. The van der Waals surface area contributed by atoms with E-state index in [1.54, 1.807) is 10.7 Å². The zero-order valence-corrected chi connectivity index (χ0v) is 14.7. The van der Waals surface area contributed by atoms with E-state index >= 15 is 0 Å². The van der Waals surface area contributed by atoms with Crippen molar-refractivity contribution in [3.63, 3.8) is 0 Å². The van der Waals surface area contributed by atoms with E-state index in [1.165, 1.54) is 6.33 Å². The molecular weight excluding hydrogens is 342 g/mol. The first kappa shape index (κ1) is 16.7. The van der Waals surface area contributed by atoms with Crippen LogP contribution >= 0.6 is 0 Å². The van der Waals surface area contributed by atoms with Gasteiger partial charge in [-0.3, -0.25) is 4.79 Å². The number of hydrogen-bond donors (Lipinski definition) is 1. The van der Waals surface area contributed by atoms with Crippen molar-refractivity contribution in [3.05, 3.63) is 72.6 Å². The van der Waals surface area contributed by atoms with Gasteiger partial charge in [0.1, 0.15) is 12.1 Å². The molecule has 0 saturated carbocycles. The number of benzene rings is 3. The summed E-state index contributed by atoms with van der Waals surface area (Å²) in [6, 6.07) is 19.3. The molecule has 27 heavy (non-hydrogen) atoms. The van der Waals surface area contributed by atoms with Crippen molar-refractivity contribution in [3.8, 4) is 11.4 Å². The van der Waals surface area contributed by atoms with Crippen molar-refractivity contribution in [2.45, 2.75) is 6.92 Å². The monoisotopic (exact) mass is 359 g/mol. The van der Waals surface area contributed by atoms with Crippen molar-refractivity contribution < 1.29 is 9.53 Å². The first-order valence-electron chi connectivity index (χ1n) is 8.44. The van der Waals surface area contributed by atoms with Gasteiger partial charge in [-0.25, -0.2) is 4.68 Å². The maximum atomic E-state index is 12.2. The van der Waals surface area contributed by atoms with E-state index in [2.05, 4.69) is 20.8 Å². The molecule has 0 atom stereocenters. The normalized spacial score (nSPS) is 10.7. The van der Waals surface area contributed by atoms with Crippen molar-refractivity contribution in [1.29, 1.82) is 0 Å². The summed E-state index contributed by atoms with van der Waals surface area (Å²) in [5, 5.41) is 16.2. The lowest BCUT2D eigenvalue weighted by Gasteiger charge is -2.10. The van der Waals surface area contributed by atoms with Gasteiger partial charge in [0, 0.05) is 5.69 Å². The number of fused-ring (bicyclic) bond motifs is 1. The Morgan fingerprint density at radius 2 is 1.93 bits per heavy atom. The van der Waals surface area contributed by atoms with E-state index in [9.17, 15) is 4.79 Å². The number of aromatic nitrogens is 4. The third-order valence-electron chi connectivity index (χ3n) is 4.17. The van der Waals surface area contributed by atoms with E-state index < -0.39 is 0 Å². The van der Waals surface area contributed by atoms with Crippen molar-refractivity contribution in [1.82, 2.24) is 20.2 Å². The Kier molecular flexibility index (Phi) is 4.49. The van der Waals surface area contributed by atoms with Gasteiger partial charge >= 0.3 is 0 Å². The molecule has 1 heterocycles. The van der Waals surface area contributed by atoms with Crippen molar-refractivity contribution in [2.24, 2.45) is 0 Å². The largest absolute Gasteiger partial charge is 0.484 e. The summed E-state index contributed by atoms with van der Waals surface area (Å²) in [5.41, 5.74) is 2.48. The number of aryl methyl sites for hydroxylation is 1. The molecule has 7 heteroatoms. The molecule has 134 valence electrons. The summed E-state index contributed by atoms with van der Waals surface area (Å²) in [6.45, 7) is 1.87. The molecule has 0 radical (unpaired) electrons. The maximum absolute atomic E-state index is 12.2. The second-order valence-corrected chi connectivity index (χ2v) is 6.10. The second-order valence-electron chi connectivity index (χ2n) is 6.10. The van der Waals surface area contributed by atoms with E-state index in [1.807, 2.05) is 61.5 Å². The molecule has 4 aromatic rings. The van der Waals surface area contributed by atoms with Gasteiger partial charge in [-0.1, -0.05) is 30.3 Å². The number of anilines is 1. The van der Waals surface area contributed by atoms with Crippen LogP contribution in [0.3, 0.4) is 0 Å². The highest BCUT2D eigenvalue weighted by Gasteiger charge is 2.08.